The average Bonchev–Trinajstić information content (AvgIpc) is 2.46. The highest BCUT2D eigenvalue weighted by Gasteiger charge is 2.22. The lowest BCUT2D eigenvalue weighted by molar-refractivity contribution is 0.195. The standard InChI is InChI=1S/C16H26N2O2/c1-4-18-9-7-13(8-10-18)17(3)14-5-6-15(12(2)19)16(20)11-14/h5-6,11-13,19-20H,4,7-10H2,1-3H3. The molecule has 0 bridgehead atoms. The molecule has 4 heteroatoms. The number of rotatable bonds is 4. The van der Waals surface area contributed by atoms with Crippen molar-refractivity contribution in [2.75, 3.05) is 31.6 Å². The summed E-state index contributed by atoms with van der Waals surface area (Å²) < 4.78 is 0. The lowest BCUT2D eigenvalue weighted by Gasteiger charge is -2.37. The minimum Gasteiger partial charge on any atom is -0.507 e. The summed E-state index contributed by atoms with van der Waals surface area (Å²) in [5.41, 5.74) is 1.60. The van der Waals surface area contributed by atoms with Gasteiger partial charge in [0.1, 0.15) is 5.75 Å². The number of phenols is 1. The van der Waals surface area contributed by atoms with Crippen LogP contribution in [0.2, 0.25) is 0 Å². The molecule has 0 spiro atoms. The van der Waals surface area contributed by atoms with Gasteiger partial charge in [-0.2, -0.15) is 0 Å². The number of nitrogens with zero attached hydrogens (tertiary/aromatic N) is 2. The van der Waals surface area contributed by atoms with Crippen LogP contribution in [-0.2, 0) is 0 Å². The van der Waals surface area contributed by atoms with Gasteiger partial charge in [0.05, 0.1) is 6.10 Å². The van der Waals surface area contributed by atoms with E-state index in [4.69, 9.17) is 0 Å². The molecule has 0 amide bonds. The highest BCUT2D eigenvalue weighted by Crippen LogP contribution is 2.30. The van der Waals surface area contributed by atoms with Crippen molar-refractivity contribution in [3.8, 4) is 5.75 Å². The second kappa shape index (κ2) is 6.46. The van der Waals surface area contributed by atoms with Crippen molar-refractivity contribution in [3.63, 3.8) is 0 Å². The first-order valence-corrected chi connectivity index (χ1v) is 7.49. The van der Waals surface area contributed by atoms with Crippen LogP contribution in [0.3, 0.4) is 0 Å². The summed E-state index contributed by atoms with van der Waals surface area (Å²) in [6, 6.07) is 6.07. The molecule has 1 fully saturated rings. The summed E-state index contributed by atoms with van der Waals surface area (Å²) in [4.78, 5) is 4.72. The molecule has 2 N–H and O–H groups in total. The van der Waals surface area contributed by atoms with Gasteiger partial charge in [0, 0.05) is 43.5 Å². The number of hydrogen-bond donors (Lipinski definition) is 2. The van der Waals surface area contributed by atoms with Crippen molar-refractivity contribution in [2.45, 2.75) is 38.8 Å². The average molecular weight is 278 g/mol. The molecule has 1 heterocycles. The normalized spacial score (nSPS) is 19.0. The lowest BCUT2D eigenvalue weighted by Crippen LogP contribution is -2.43. The molecule has 1 atom stereocenters. The maximum absolute atomic E-state index is 9.99. The van der Waals surface area contributed by atoms with Gasteiger partial charge >= 0.3 is 0 Å². The Kier molecular flexibility index (Phi) is 4.89. The van der Waals surface area contributed by atoms with Crippen molar-refractivity contribution in [1.29, 1.82) is 0 Å². The Balaban J connectivity index is 2.06. The van der Waals surface area contributed by atoms with Crippen molar-refractivity contribution in [3.05, 3.63) is 23.8 Å². The van der Waals surface area contributed by atoms with Gasteiger partial charge in [0.2, 0.25) is 0 Å². The van der Waals surface area contributed by atoms with Crippen LogP contribution < -0.4 is 4.90 Å². The van der Waals surface area contributed by atoms with Gasteiger partial charge in [-0.3, -0.25) is 0 Å². The number of hydrogen-bond acceptors (Lipinski definition) is 4. The Morgan fingerprint density at radius 2 is 2.00 bits per heavy atom. The quantitative estimate of drug-likeness (QED) is 0.887. The van der Waals surface area contributed by atoms with E-state index in [1.165, 1.54) is 0 Å². The molecule has 1 aliphatic heterocycles. The molecule has 1 saturated heterocycles. The van der Waals surface area contributed by atoms with Crippen LogP contribution >= 0.6 is 0 Å². The van der Waals surface area contributed by atoms with Crippen molar-refractivity contribution < 1.29 is 10.2 Å². The third kappa shape index (κ3) is 3.25. The number of aromatic hydroxyl groups is 1. The molecule has 2 rings (SSSR count). The van der Waals surface area contributed by atoms with E-state index in [0.29, 0.717) is 11.6 Å². The zero-order valence-electron chi connectivity index (χ0n) is 12.7. The largest absolute Gasteiger partial charge is 0.507 e. The predicted molar refractivity (Wildman–Crippen MR) is 82.3 cm³/mol. The van der Waals surface area contributed by atoms with Gasteiger partial charge in [-0.05, 0) is 32.4 Å². The van der Waals surface area contributed by atoms with Crippen LogP contribution in [-0.4, -0.2) is 47.8 Å². The highest BCUT2D eigenvalue weighted by atomic mass is 16.3. The molecule has 0 aliphatic carbocycles. The molecular weight excluding hydrogens is 252 g/mol. The van der Waals surface area contributed by atoms with Gasteiger partial charge in [-0.25, -0.2) is 0 Å². The molecule has 0 radical (unpaired) electrons. The topological polar surface area (TPSA) is 46.9 Å². The summed E-state index contributed by atoms with van der Waals surface area (Å²) in [5, 5.41) is 19.6. The molecule has 112 valence electrons. The Labute approximate surface area is 121 Å². The molecule has 0 saturated carbocycles. The van der Waals surface area contributed by atoms with E-state index >= 15 is 0 Å². The number of piperidine rings is 1. The smallest absolute Gasteiger partial charge is 0.123 e. The van der Waals surface area contributed by atoms with Gasteiger partial charge in [0.25, 0.3) is 0 Å². The molecule has 1 aliphatic rings. The third-order valence-corrected chi connectivity index (χ3v) is 4.42. The van der Waals surface area contributed by atoms with Crippen molar-refractivity contribution >= 4 is 5.69 Å². The SMILES string of the molecule is CCN1CCC(N(C)c2ccc(C(C)O)c(O)c2)CC1. The van der Waals surface area contributed by atoms with E-state index in [9.17, 15) is 10.2 Å². The summed E-state index contributed by atoms with van der Waals surface area (Å²) >= 11 is 0. The number of benzene rings is 1. The van der Waals surface area contributed by atoms with Crippen LogP contribution in [0.25, 0.3) is 0 Å². The molecular formula is C16H26N2O2. The van der Waals surface area contributed by atoms with E-state index in [0.717, 1.165) is 38.2 Å². The van der Waals surface area contributed by atoms with Gasteiger partial charge < -0.3 is 20.0 Å². The summed E-state index contributed by atoms with van der Waals surface area (Å²) in [5.74, 6) is 0.176. The second-order valence-electron chi connectivity index (χ2n) is 5.70. The zero-order valence-corrected chi connectivity index (χ0v) is 12.7. The van der Waals surface area contributed by atoms with E-state index in [2.05, 4.69) is 23.8 Å². The summed E-state index contributed by atoms with van der Waals surface area (Å²) in [7, 11) is 2.09. The first kappa shape index (κ1) is 15.1. The lowest BCUT2D eigenvalue weighted by atomic mass is 10.0. The van der Waals surface area contributed by atoms with E-state index in [1.807, 2.05) is 12.1 Å². The molecule has 1 aromatic carbocycles. The minimum atomic E-state index is -0.637. The Bertz CT molecular complexity index is 440. The Hall–Kier alpha value is -1.26. The molecule has 20 heavy (non-hydrogen) atoms. The van der Waals surface area contributed by atoms with Crippen molar-refractivity contribution in [2.24, 2.45) is 0 Å². The maximum Gasteiger partial charge on any atom is 0.123 e. The van der Waals surface area contributed by atoms with Crippen LogP contribution in [0.15, 0.2) is 18.2 Å². The van der Waals surface area contributed by atoms with Crippen molar-refractivity contribution in [1.82, 2.24) is 4.90 Å². The highest BCUT2D eigenvalue weighted by molar-refractivity contribution is 5.54. The summed E-state index contributed by atoms with van der Waals surface area (Å²) in [6.07, 6.45) is 1.68. The monoisotopic (exact) mass is 278 g/mol. The van der Waals surface area contributed by atoms with Gasteiger partial charge in [0.15, 0.2) is 0 Å². The number of aliphatic hydroxyl groups excluding tert-OH is 1. The summed E-state index contributed by atoms with van der Waals surface area (Å²) in [6.45, 7) is 7.28. The number of likely N-dealkylation sites (tertiary alicyclic amines) is 1. The molecule has 4 nitrogen and oxygen atoms in total. The van der Waals surface area contributed by atoms with Crippen LogP contribution in [0.5, 0.6) is 5.75 Å². The molecule has 0 aromatic heterocycles. The number of phenolic OH excluding ortho intramolecular Hbond substituents is 1. The van der Waals surface area contributed by atoms with Crippen LogP contribution in [0, 0.1) is 0 Å². The van der Waals surface area contributed by atoms with E-state index in [1.54, 1.807) is 13.0 Å². The van der Waals surface area contributed by atoms with E-state index < -0.39 is 6.10 Å². The van der Waals surface area contributed by atoms with Gasteiger partial charge in [-0.1, -0.05) is 13.0 Å². The Morgan fingerprint density at radius 1 is 1.35 bits per heavy atom. The second-order valence-corrected chi connectivity index (χ2v) is 5.70. The van der Waals surface area contributed by atoms with E-state index in [-0.39, 0.29) is 5.75 Å². The maximum atomic E-state index is 9.99. The zero-order chi connectivity index (χ0) is 14.7. The fourth-order valence-electron chi connectivity index (χ4n) is 2.94. The van der Waals surface area contributed by atoms with Crippen LogP contribution in [0.4, 0.5) is 5.69 Å². The molecule has 1 unspecified atom stereocenters. The fourth-order valence-corrected chi connectivity index (χ4v) is 2.94. The Morgan fingerprint density at radius 3 is 2.50 bits per heavy atom. The first-order valence-electron chi connectivity index (χ1n) is 7.49. The van der Waals surface area contributed by atoms with Gasteiger partial charge in [-0.15, -0.1) is 0 Å². The number of aliphatic hydroxyl groups is 1. The van der Waals surface area contributed by atoms with Crippen LogP contribution in [0.1, 0.15) is 38.4 Å². The fraction of sp³-hybridized carbons (Fsp3) is 0.625. The number of anilines is 1. The predicted octanol–water partition coefficient (Wildman–Crippen LogP) is 2.37. The first-order chi connectivity index (χ1) is 9.52. The molecule has 1 aromatic rings. The minimum absolute atomic E-state index is 0.176. The third-order valence-electron chi connectivity index (χ3n) is 4.42.